The number of nitro groups is 1. The van der Waals surface area contributed by atoms with Crippen LogP contribution in [0.1, 0.15) is 23.3 Å². The lowest BCUT2D eigenvalue weighted by molar-refractivity contribution is -0.484. The monoisotopic (exact) mass is 343 g/mol. The number of nitrogens with zero attached hydrogens (tertiary/aromatic N) is 3. The van der Waals surface area contributed by atoms with Crippen molar-refractivity contribution < 1.29 is 18.7 Å². The second kappa shape index (κ2) is 6.76. The van der Waals surface area contributed by atoms with Crippen LogP contribution >= 0.6 is 0 Å². The second-order valence-electron chi connectivity index (χ2n) is 5.91. The lowest BCUT2D eigenvalue weighted by atomic mass is 9.85. The first-order valence-electron chi connectivity index (χ1n) is 7.69. The second-order valence-corrected chi connectivity index (χ2v) is 5.91. The number of carbonyl (C=O) groups is 1. The van der Waals surface area contributed by atoms with Gasteiger partial charge in [0.05, 0.1) is 12.2 Å². The molecule has 1 unspecified atom stereocenters. The van der Waals surface area contributed by atoms with Crippen LogP contribution in [-0.4, -0.2) is 41.5 Å². The highest BCUT2D eigenvalue weighted by Gasteiger charge is 2.40. The highest BCUT2D eigenvalue weighted by molar-refractivity contribution is 5.90. The molecule has 3 aromatic rings. The molecule has 8 heteroatoms. The Bertz CT molecular complexity index is 885. The van der Waals surface area contributed by atoms with Crippen molar-refractivity contribution in [3.63, 3.8) is 0 Å². The molecule has 0 N–H and O–H groups in total. The van der Waals surface area contributed by atoms with Gasteiger partial charge in [0, 0.05) is 24.4 Å². The molecule has 2 atom stereocenters. The van der Waals surface area contributed by atoms with E-state index < -0.39 is 23.3 Å². The number of carbonyl (C=O) groups excluding carboxylic acids is 1. The summed E-state index contributed by atoms with van der Waals surface area (Å²) >= 11 is 0. The Labute approximate surface area is 143 Å². The number of furan rings is 1. The van der Waals surface area contributed by atoms with Gasteiger partial charge in [-0.2, -0.15) is 0 Å². The fourth-order valence-corrected chi connectivity index (χ4v) is 2.91. The first-order chi connectivity index (χ1) is 12.0. The Hall–Kier alpha value is -3.16. The molecule has 1 aromatic carbocycles. The van der Waals surface area contributed by atoms with Crippen LogP contribution in [0.25, 0.3) is 11.0 Å². The average Bonchev–Trinajstić information content (AvgIpc) is 3.23. The van der Waals surface area contributed by atoms with E-state index in [9.17, 15) is 14.9 Å². The zero-order valence-electron chi connectivity index (χ0n) is 13.8. The van der Waals surface area contributed by atoms with E-state index in [4.69, 9.17) is 8.94 Å². The smallest absolute Gasteiger partial charge is 0.232 e. The maximum absolute atomic E-state index is 12.9. The molecule has 0 aliphatic heterocycles. The van der Waals surface area contributed by atoms with Crippen molar-refractivity contribution in [2.24, 2.45) is 0 Å². The number of hydrogen-bond acceptors (Lipinski definition) is 6. The van der Waals surface area contributed by atoms with Gasteiger partial charge in [0.2, 0.25) is 12.5 Å². The average molecular weight is 343 g/mol. The molecule has 2 heterocycles. The summed E-state index contributed by atoms with van der Waals surface area (Å²) in [6.45, 7) is -0.459. The molecule has 0 aliphatic carbocycles. The third-order valence-corrected chi connectivity index (χ3v) is 4.06. The molecule has 0 aliphatic rings. The minimum absolute atomic E-state index is 0.303. The predicted molar refractivity (Wildman–Crippen MR) is 88.8 cm³/mol. The SMILES string of the molecule is CN(C)C(=O)C(c1noc2ccccc12)[C@@H](C[N+](=O)[O-])c1ccco1. The van der Waals surface area contributed by atoms with E-state index in [1.165, 1.54) is 11.2 Å². The van der Waals surface area contributed by atoms with Gasteiger partial charge in [-0.3, -0.25) is 14.9 Å². The molecule has 8 nitrogen and oxygen atoms in total. The quantitative estimate of drug-likeness (QED) is 0.503. The molecule has 3 rings (SSSR count). The fraction of sp³-hybridized carbons (Fsp3) is 0.294. The Morgan fingerprint density at radius 2 is 2.04 bits per heavy atom. The number of para-hydroxylation sites is 1. The Balaban J connectivity index is 2.16. The van der Waals surface area contributed by atoms with Crippen LogP contribution in [0.2, 0.25) is 0 Å². The van der Waals surface area contributed by atoms with E-state index in [-0.39, 0.29) is 5.91 Å². The molecule has 2 aromatic heterocycles. The van der Waals surface area contributed by atoms with Gasteiger partial charge in [-0.15, -0.1) is 0 Å². The zero-order valence-corrected chi connectivity index (χ0v) is 13.8. The molecule has 0 fully saturated rings. The topological polar surface area (TPSA) is 103 Å². The van der Waals surface area contributed by atoms with Gasteiger partial charge in [-0.25, -0.2) is 0 Å². The first-order valence-corrected chi connectivity index (χ1v) is 7.69. The van der Waals surface area contributed by atoms with Crippen LogP contribution in [0.4, 0.5) is 0 Å². The van der Waals surface area contributed by atoms with Gasteiger partial charge < -0.3 is 13.8 Å². The van der Waals surface area contributed by atoms with Gasteiger partial charge in [0.1, 0.15) is 17.4 Å². The van der Waals surface area contributed by atoms with E-state index in [2.05, 4.69) is 5.16 Å². The van der Waals surface area contributed by atoms with Crippen LogP contribution in [0.15, 0.2) is 51.6 Å². The highest BCUT2D eigenvalue weighted by atomic mass is 16.6. The number of fused-ring (bicyclic) bond motifs is 1. The molecule has 130 valence electrons. The molecule has 0 saturated heterocycles. The molecule has 0 bridgehead atoms. The molecule has 0 radical (unpaired) electrons. The van der Waals surface area contributed by atoms with Gasteiger partial charge >= 0.3 is 0 Å². The van der Waals surface area contributed by atoms with E-state index >= 15 is 0 Å². The van der Waals surface area contributed by atoms with Crippen molar-refractivity contribution in [2.75, 3.05) is 20.6 Å². The van der Waals surface area contributed by atoms with Gasteiger partial charge in [-0.05, 0) is 24.3 Å². The lowest BCUT2D eigenvalue weighted by Crippen LogP contribution is -2.34. The third kappa shape index (κ3) is 3.23. The van der Waals surface area contributed by atoms with Crippen molar-refractivity contribution >= 4 is 16.9 Å². The van der Waals surface area contributed by atoms with Crippen molar-refractivity contribution in [1.29, 1.82) is 0 Å². The zero-order chi connectivity index (χ0) is 18.0. The van der Waals surface area contributed by atoms with E-state index in [1.807, 2.05) is 0 Å². The maximum atomic E-state index is 12.9. The Morgan fingerprint density at radius 3 is 2.68 bits per heavy atom. The fourth-order valence-electron chi connectivity index (χ4n) is 2.91. The molecular weight excluding hydrogens is 326 g/mol. The van der Waals surface area contributed by atoms with Crippen molar-refractivity contribution in [1.82, 2.24) is 10.1 Å². The summed E-state index contributed by atoms with van der Waals surface area (Å²) < 4.78 is 10.7. The summed E-state index contributed by atoms with van der Waals surface area (Å²) in [7, 11) is 3.20. The molecular formula is C17H17N3O5. The number of likely N-dealkylation sites (N-methyl/N-ethyl adjacent to an activating group) is 1. The minimum atomic E-state index is -0.893. The number of hydrogen-bond donors (Lipinski definition) is 0. The summed E-state index contributed by atoms with van der Waals surface area (Å²) in [6.07, 6.45) is 1.43. The van der Waals surface area contributed by atoms with Crippen molar-refractivity contribution in [3.05, 3.63) is 64.2 Å². The maximum Gasteiger partial charge on any atom is 0.232 e. The van der Waals surface area contributed by atoms with Crippen LogP contribution in [-0.2, 0) is 4.79 Å². The van der Waals surface area contributed by atoms with Crippen molar-refractivity contribution in [2.45, 2.75) is 11.8 Å². The summed E-state index contributed by atoms with van der Waals surface area (Å²) in [5.74, 6) is -1.63. The molecule has 0 spiro atoms. The number of amides is 1. The molecule has 25 heavy (non-hydrogen) atoms. The third-order valence-electron chi connectivity index (χ3n) is 4.06. The Kier molecular flexibility index (Phi) is 4.51. The first kappa shape index (κ1) is 16.7. The van der Waals surface area contributed by atoms with Crippen molar-refractivity contribution in [3.8, 4) is 0 Å². The number of benzene rings is 1. The highest BCUT2D eigenvalue weighted by Crippen LogP contribution is 2.37. The van der Waals surface area contributed by atoms with Gasteiger partial charge in [0.15, 0.2) is 5.58 Å². The normalized spacial score (nSPS) is 13.5. The molecule has 0 saturated carbocycles. The summed E-state index contributed by atoms with van der Waals surface area (Å²) in [5, 5.41) is 15.9. The van der Waals surface area contributed by atoms with Crippen LogP contribution in [0.3, 0.4) is 0 Å². The van der Waals surface area contributed by atoms with Gasteiger partial charge in [0.25, 0.3) is 0 Å². The standard InChI is InChI=1S/C17H17N3O5/c1-19(2)17(21)15(12(10-20(22)23)13-8-5-9-24-13)16-11-6-3-4-7-14(11)25-18-16/h3-9,12,15H,10H2,1-2H3/t12-,15?/m0/s1. The summed E-state index contributed by atoms with van der Waals surface area (Å²) in [5.41, 5.74) is 0.894. The van der Waals surface area contributed by atoms with Gasteiger partial charge in [-0.1, -0.05) is 17.3 Å². The largest absolute Gasteiger partial charge is 0.469 e. The number of aromatic nitrogens is 1. The van der Waals surface area contributed by atoms with Crippen LogP contribution in [0.5, 0.6) is 0 Å². The van der Waals surface area contributed by atoms with E-state index in [0.717, 1.165) is 0 Å². The Morgan fingerprint density at radius 1 is 1.28 bits per heavy atom. The molecule has 1 amide bonds. The summed E-state index contributed by atoms with van der Waals surface area (Å²) in [4.78, 5) is 25.1. The van der Waals surface area contributed by atoms with E-state index in [1.54, 1.807) is 50.5 Å². The van der Waals surface area contributed by atoms with Crippen LogP contribution in [0, 0.1) is 10.1 Å². The lowest BCUT2D eigenvalue weighted by Gasteiger charge is -2.23. The van der Waals surface area contributed by atoms with E-state index in [0.29, 0.717) is 22.4 Å². The number of rotatable bonds is 6. The summed E-state index contributed by atoms with van der Waals surface area (Å²) in [6, 6.07) is 10.4. The predicted octanol–water partition coefficient (Wildman–Crippen LogP) is 2.65. The minimum Gasteiger partial charge on any atom is -0.469 e. The van der Waals surface area contributed by atoms with Crippen LogP contribution < -0.4 is 0 Å².